The van der Waals surface area contributed by atoms with Gasteiger partial charge in [-0.3, -0.25) is 9.78 Å². The van der Waals surface area contributed by atoms with E-state index in [1.165, 1.54) is 23.5 Å². The number of amides is 1. The predicted molar refractivity (Wildman–Crippen MR) is 121 cm³/mol. The molecule has 0 aliphatic heterocycles. The topological polar surface area (TPSA) is 92.4 Å². The molecule has 0 aliphatic carbocycles. The molecule has 0 spiro atoms. The molecular weight excluding hydrogens is 434 g/mol. The SMILES string of the molecule is O=C(Nc1ccc(O)c(Cl)c1)c1cc(-c2cnn3cc(-c4cccnc4)cnc23)cs1. The molecule has 1 amide bonds. The van der Waals surface area contributed by atoms with E-state index < -0.39 is 0 Å². The first-order valence-corrected chi connectivity index (χ1v) is 10.5. The van der Waals surface area contributed by atoms with Gasteiger partial charge in [0.05, 0.1) is 16.1 Å². The molecule has 0 saturated carbocycles. The Hall–Kier alpha value is -3.75. The van der Waals surface area contributed by atoms with E-state index in [9.17, 15) is 9.90 Å². The van der Waals surface area contributed by atoms with Gasteiger partial charge in [0.2, 0.25) is 0 Å². The number of nitrogens with zero attached hydrogens (tertiary/aromatic N) is 4. The fourth-order valence-corrected chi connectivity index (χ4v) is 4.12. The molecule has 4 heterocycles. The van der Waals surface area contributed by atoms with E-state index in [-0.39, 0.29) is 16.7 Å². The smallest absolute Gasteiger partial charge is 0.265 e. The number of nitrogens with one attached hydrogen (secondary N) is 1. The van der Waals surface area contributed by atoms with E-state index in [4.69, 9.17) is 11.6 Å². The van der Waals surface area contributed by atoms with Crippen molar-refractivity contribution in [3.8, 4) is 28.0 Å². The van der Waals surface area contributed by atoms with E-state index in [1.54, 1.807) is 41.4 Å². The van der Waals surface area contributed by atoms with E-state index >= 15 is 0 Å². The number of halogens is 1. The maximum absolute atomic E-state index is 12.6. The fourth-order valence-electron chi connectivity index (χ4n) is 3.13. The van der Waals surface area contributed by atoms with Gasteiger partial charge < -0.3 is 10.4 Å². The van der Waals surface area contributed by atoms with Crippen LogP contribution < -0.4 is 5.32 Å². The second kappa shape index (κ2) is 7.82. The molecule has 1 aromatic carbocycles. The lowest BCUT2D eigenvalue weighted by molar-refractivity contribution is 0.103. The molecule has 9 heteroatoms. The molecule has 0 unspecified atom stereocenters. The highest BCUT2D eigenvalue weighted by molar-refractivity contribution is 7.12. The summed E-state index contributed by atoms with van der Waals surface area (Å²) in [5, 5.41) is 18.8. The number of anilines is 1. The molecule has 0 saturated heterocycles. The van der Waals surface area contributed by atoms with Crippen molar-refractivity contribution in [2.24, 2.45) is 0 Å². The molecule has 5 rings (SSSR count). The standard InChI is InChI=1S/C22H14ClN5O2S/c23-18-7-16(3-4-19(18)29)27-22(30)20-6-14(12-31-20)17-10-26-28-11-15(9-25-21(17)28)13-2-1-5-24-8-13/h1-12,29H,(H,27,30). The number of benzene rings is 1. The maximum Gasteiger partial charge on any atom is 0.265 e. The van der Waals surface area contributed by atoms with Crippen LogP contribution in [0.5, 0.6) is 5.75 Å². The summed E-state index contributed by atoms with van der Waals surface area (Å²) in [4.78, 5) is 21.9. The normalized spacial score (nSPS) is 11.0. The Bertz CT molecular complexity index is 1410. The number of phenolic OH excluding ortho intramolecular Hbond substituents is 1. The third-order valence-corrected chi connectivity index (χ3v) is 5.92. The molecule has 5 aromatic rings. The Labute approximate surface area is 185 Å². The Kier molecular flexibility index (Phi) is 4.85. The first-order valence-electron chi connectivity index (χ1n) is 9.21. The summed E-state index contributed by atoms with van der Waals surface area (Å²) >= 11 is 7.23. The van der Waals surface area contributed by atoms with Crippen LogP contribution in [-0.2, 0) is 0 Å². The summed E-state index contributed by atoms with van der Waals surface area (Å²) in [5.41, 5.74) is 4.76. The van der Waals surface area contributed by atoms with Crippen LogP contribution in [0.15, 0.2) is 72.8 Å². The summed E-state index contributed by atoms with van der Waals surface area (Å²) in [5.74, 6) is -0.299. The van der Waals surface area contributed by atoms with Crippen LogP contribution in [0.2, 0.25) is 5.02 Å². The zero-order valence-electron chi connectivity index (χ0n) is 15.9. The summed E-state index contributed by atoms with van der Waals surface area (Å²) in [6.07, 6.45) is 8.92. The van der Waals surface area contributed by atoms with E-state index in [0.717, 1.165) is 22.3 Å². The molecule has 0 fully saturated rings. The van der Waals surface area contributed by atoms with Gasteiger partial charge in [0.25, 0.3) is 5.91 Å². The molecular formula is C22H14ClN5O2S. The molecule has 7 nitrogen and oxygen atoms in total. The average molecular weight is 448 g/mol. The number of aromatic hydroxyl groups is 1. The monoisotopic (exact) mass is 447 g/mol. The first-order chi connectivity index (χ1) is 15.1. The highest BCUT2D eigenvalue weighted by atomic mass is 35.5. The number of carbonyl (C=O) groups excluding carboxylic acids is 1. The molecule has 0 aliphatic rings. The minimum atomic E-state index is -0.263. The maximum atomic E-state index is 12.6. The molecule has 0 radical (unpaired) electrons. The third-order valence-electron chi connectivity index (χ3n) is 4.69. The van der Waals surface area contributed by atoms with Gasteiger partial charge in [-0.15, -0.1) is 11.3 Å². The van der Waals surface area contributed by atoms with Crippen molar-refractivity contribution < 1.29 is 9.90 Å². The van der Waals surface area contributed by atoms with Crippen molar-refractivity contribution >= 4 is 40.2 Å². The number of hydrogen-bond donors (Lipinski definition) is 2. The van der Waals surface area contributed by atoms with Crippen molar-refractivity contribution in [3.05, 3.63) is 82.7 Å². The summed E-state index contributed by atoms with van der Waals surface area (Å²) in [6, 6.07) is 10.2. The lowest BCUT2D eigenvalue weighted by atomic mass is 10.1. The van der Waals surface area contributed by atoms with E-state index in [2.05, 4.69) is 20.4 Å². The lowest BCUT2D eigenvalue weighted by Gasteiger charge is -2.04. The Balaban J connectivity index is 1.41. The van der Waals surface area contributed by atoms with E-state index in [0.29, 0.717) is 16.2 Å². The summed E-state index contributed by atoms with van der Waals surface area (Å²) in [6.45, 7) is 0. The number of rotatable bonds is 4. The average Bonchev–Trinajstić information content (AvgIpc) is 3.43. The minimum absolute atomic E-state index is 0.0367. The van der Waals surface area contributed by atoms with Gasteiger partial charge in [0.1, 0.15) is 5.75 Å². The van der Waals surface area contributed by atoms with Gasteiger partial charge in [-0.2, -0.15) is 5.10 Å². The Morgan fingerprint density at radius 1 is 1.10 bits per heavy atom. The van der Waals surface area contributed by atoms with Crippen LogP contribution in [0.3, 0.4) is 0 Å². The van der Waals surface area contributed by atoms with Gasteiger partial charge in [0, 0.05) is 47.2 Å². The van der Waals surface area contributed by atoms with Crippen LogP contribution in [-0.4, -0.2) is 30.6 Å². The molecule has 0 atom stereocenters. The number of hydrogen-bond acceptors (Lipinski definition) is 6. The predicted octanol–water partition coefficient (Wildman–Crippen LogP) is 5.13. The van der Waals surface area contributed by atoms with E-state index in [1.807, 2.05) is 23.7 Å². The molecule has 2 N–H and O–H groups in total. The summed E-state index contributed by atoms with van der Waals surface area (Å²) in [7, 11) is 0. The van der Waals surface area contributed by atoms with Crippen LogP contribution in [0.1, 0.15) is 9.67 Å². The molecule has 31 heavy (non-hydrogen) atoms. The van der Waals surface area contributed by atoms with Crippen molar-refractivity contribution in [2.45, 2.75) is 0 Å². The zero-order chi connectivity index (χ0) is 21.4. The second-order valence-corrected chi connectivity index (χ2v) is 8.05. The summed E-state index contributed by atoms with van der Waals surface area (Å²) < 4.78 is 1.72. The number of aromatic nitrogens is 4. The van der Waals surface area contributed by atoms with Gasteiger partial charge >= 0.3 is 0 Å². The number of pyridine rings is 1. The Morgan fingerprint density at radius 3 is 2.81 bits per heavy atom. The quantitative estimate of drug-likeness (QED) is 0.372. The van der Waals surface area contributed by atoms with Crippen molar-refractivity contribution in [1.29, 1.82) is 0 Å². The van der Waals surface area contributed by atoms with Crippen LogP contribution in [0.4, 0.5) is 5.69 Å². The molecule has 152 valence electrons. The number of thiophene rings is 1. The largest absolute Gasteiger partial charge is 0.506 e. The van der Waals surface area contributed by atoms with Crippen LogP contribution in [0.25, 0.3) is 27.9 Å². The van der Waals surface area contributed by atoms with Gasteiger partial charge in [-0.05, 0) is 41.3 Å². The minimum Gasteiger partial charge on any atom is -0.506 e. The third kappa shape index (κ3) is 3.74. The lowest BCUT2D eigenvalue weighted by Crippen LogP contribution is -2.09. The number of carbonyl (C=O) groups is 1. The first kappa shape index (κ1) is 19.2. The highest BCUT2D eigenvalue weighted by Gasteiger charge is 2.15. The molecule has 4 aromatic heterocycles. The van der Waals surface area contributed by atoms with Gasteiger partial charge in [-0.1, -0.05) is 17.7 Å². The van der Waals surface area contributed by atoms with Crippen molar-refractivity contribution in [3.63, 3.8) is 0 Å². The van der Waals surface area contributed by atoms with Gasteiger partial charge in [0.15, 0.2) is 5.65 Å². The second-order valence-electron chi connectivity index (χ2n) is 6.73. The zero-order valence-corrected chi connectivity index (χ0v) is 17.4. The number of phenols is 1. The fraction of sp³-hybridized carbons (Fsp3) is 0. The van der Waals surface area contributed by atoms with Gasteiger partial charge in [-0.25, -0.2) is 9.50 Å². The highest BCUT2D eigenvalue weighted by Crippen LogP contribution is 2.30. The van der Waals surface area contributed by atoms with Crippen LogP contribution in [0, 0.1) is 0 Å². The van der Waals surface area contributed by atoms with Crippen molar-refractivity contribution in [2.75, 3.05) is 5.32 Å². The molecule has 0 bridgehead atoms. The Morgan fingerprint density at radius 2 is 2.00 bits per heavy atom. The number of fused-ring (bicyclic) bond motifs is 1. The van der Waals surface area contributed by atoms with Crippen LogP contribution >= 0.6 is 22.9 Å². The van der Waals surface area contributed by atoms with Crippen molar-refractivity contribution in [1.82, 2.24) is 19.6 Å².